The summed E-state index contributed by atoms with van der Waals surface area (Å²) in [7, 11) is 1.50. The summed E-state index contributed by atoms with van der Waals surface area (Å²) in [5.41, 5.74) is 2.96. The van der Waals surface area contributed by atoms with E-state index < -0.39 is 29.6 Å². The Balaban J connectivity index is 1.62. The smallest absolute Gasteiger partial charge is 0.304 e. The second-order valence-electron chi connectivity index (χ2n) is 8.14. The molecule has 3 aromatic carbocycles. The average molecular weight is 462 g/mol. The number of carbonyl (C=O) groups is 1. The van der Waals surface area contributed by atoms with Gasteiger partial charge < -0.3 is 14.6 Å². The number of methoxy groups -OCH3 is 1. The maximum atomic E-state index is 14.8. The predicted molar refractivity (Wildman–Crippen MR) is 125 cm³/mol. The van der Waals surface area contributed by atoms with Crippen LogP contribution < -0.4 is 9.47 Å². The Morgan fingerprint density at radius 2 is 1.94 bits per heavy atom. The summed E-state index contributed by atoms with van der Waals surface area (Å²) >= 11 is 0. The molecule has 1 N–H and O–H groups in total. The van der Waals surface area contributed by atoms with Crippen molar-refractivity contribution in [2.24, 2.45) is 0 Å². The van der Waals surface area contributed by atoms with E-state index in [1.807, 2.05) is 6.07 Å². The lowest BCUT2D eigenvalue weighted by atomic mass is 9.90. The van der Waals surface area contributed by atoms with Gasteiger partial charge in [-0.2, -0.15) is 0 Å². The number of halogens is 2. The van der Waals surface area contributed by atoms with Crippen LogP contribution in [0.25, 0.3) is 11.1 Å². The van der Waals surface area contributed by atoms with Gasteiger partial charge in [0.1, 0.15) is 29.2 Å². The first-order valence-corrected chi connectivity index (χ1v) is 11.0. The van der Waals surface area contributed by atoms with Crippen molar-refractivity contribution in [3.05, 3.63) is 82.9 Å². The third-order valence-electron chi connectivity index (χ3n) is 5.96. The molecule has 6 heteroatoms. The molecule has 1 aliphatic heterocycles. The number of aryl methyl sites for hydroxylation is 1. The number of benzene rings is 3. The molecule has 34 heavy (non-hydrogen) atoms. The zero-order chi connectivity index (χ0) is 24.2. The van der Waals surface area contributed by atoms with E-state index in [1.165, 1.54) is 31.4 Å². The second-order valence-corrected chi connectivity index (χ2v) is 8.14. The van der Waals surface area contributed by atoms with Gasteiger partial charge in [0.2, 0.25) is 0 Å². The highest BCUT2D eigenvalue weighted by Crippen LogP contribution is 2.39. The summed E-state index contributed by atoms with van der Waals surface area (Å²) < 4.78 is 40.6. The average Bonchev–Trinajstić information content (AvgIpc) is 2.83. The van der Waals surface area contributed by atoms with E-state index in [4.69, 9.17) is 9.47 Å². The molecule has 1 aliphatic rings. The molecule has 1 unspecified atom stereocenters. The van der Waals surface area contributed by atoms with Gasteiger partial charge in [0, 0.05) is 11.1 Å². The Hall–Kier alpha value is -3.85. The standard InChI is InChI=1S/C28H24F2O4/c1-3-4-17(15-28(31)32)18-6-11-26-20(13-18)7-12-27(34-26)23-14-19(5-9-25(23)30)22-16-21(33-2)8-10-24(22)29/h5-6,8-11,13-14,16-17,27H,7,12,15H2,1-2H3,(H,31,32)/t17-,27?/m0/s1. The molecule has 0 bridgehead atoms. The normalized spacial score (nSPS) is 15.4. The Morgan fingerprint density at radius 3 is 2.68 bits per heavy atom. The third-order valence-corrected chi connectivity index (χ3v) is 5.96. The lowest BCUT2D eigenvalue weighted by molar-refractivity contribution is -0.137. The number of aliphatic carboxylic acids is 1. The molecule has 4 nitrogen and oxygen atoms in total. The fourth-order valence-electron chi connectivity index (χ4n) is 4.26. The maximum Gasteiger partial charge on any atom is 0.304 e. The summed E-state index contributed by atoms with van der Waals surface area (Å²) in [6, 6.07) is 14.4. The van der Waals surface area contributed by atoms with Crippen molar-refractivity contribution in [1.82, 2.24) is 0 Å². The van der Waals surface area contributed by atoms with Crippen molar-refractivity contribution in [3.8, 4) is 34.5 Å². The number of rotatable bonds is 6. The Bertz CT molecular complexity index is 1290. The van der Waals surface area contributed by atoms with Gasteiger partial charge >= 0.3 is 5.97 Å². The molecule has 2 atom stereocenters. The molecular weight excluding hydrogens is 438 g/mol. The number of ether oxygens (including phenoxy) is 2. The van der Waals surface area contributed by atoms with Crippen molar-refractivity contribution in [1.29, 1.82) is 0 Å². The van der Waals surface area contributed by atoms with Crippen molar-refractivity contribution in [2.75, 3.05) is 7.11 Å². The predicted octanol–water partition coefficient (Wildman–Crippen LogP) is 6.29. The highest BCUT2D eigenvalue weighted by Gasteiger charge is 2.26. The van der Waals surface area contributed by atoms with E-state index in [1.54, 1.807) is 31.2 Å². The van der Waals surface area contributed by atoms with Crippen molar-refractivity contribution in [2.45, 2.75) is 38.2 Å². The first-order valence-electron chi connectivity index (χ1n) is 11.0. The molecule has 0 amide bonds. The van der Waals surface area contributed by atoms with Crippen LogP contribution >= 0.6 is 0 Å². The van der Waals surface area contributed by atoms with Crippen LogP contribution in [0.15, 0.2) is 54.6 Å². The van der Waals surface area contributed by atoms with E-state index in [-0.39, 0.29) is 6.42 Å². The minimum Gasteiger partial charge on any atom is -0.497 e. The van der Waals surface area contributed by atoms with Crippen LogP contribution in [-0.2, 0) is 11.2 Å². The van der Waals surface area contributed by atoms with Gasteiger partial charge in [-0.05, 0) is 72.9 Å². The van der Waals surface area contributed by atoms with E-state index in [0.717, 1.165) is 11.1 Å². The van der Waals surface area contributed by atoms with Crippen LogP contribution in [-0.4, -0.2) is 18.2 Å². The zero-order valence-corrected chi connectivity index (χ0v) is 18.9. The highest BCUT2D eigenvalue weighted by atomic mass is 19.1. The Labute approximate surface area is 197 Å². The number of hydrogen-bond acceptors (Lipinski definition) is 3. The lowest BCUT2D eigenvalue weighted by Gasteiger charge is -2.28. The SMILES string of the molecule is CC#C[C@@H](CC(=O)O)c1ccc2c(c1)CCC(c1cc(-c3cc(OC)ccc3F)ccc1F)O2. The molecule has 0 radical (unpaired) electrons. The monoisotopic (exact) mass is 462 g/mol. The van der Waals surface area contributed by atoms with Crippen LogP contribution in [0.4, 0.5) is 8.78 Å². The summed E-state index contributed by atoms with van der Waals surface area (Å²) in [5, 5.41) is 9.19. The topological polar surface area (TPSA) is 55.8 Å². The summed E-state index contributed by atoms with van der Waals surface area (Å²) in [6.45, 7) is 1.68. The van der Waals surface area contributed by atoms with Crippen molar-refractivity contribution >= 4 is 5.97 Å². The highest BCUT2D eigenvalue weighted by molar-refractivity contribution is 5.69. The molecule has 0 saturated heterocycles. The Kier molecular flexibility index (Phi) is 6.83. The molecule has 0 saturated carbocycles. The number of fused-ring (bicyclic) bond motifs is 1. The van der Waals surface area contributed by atoms with Gasteiger partial charge in [-0.25, -0.2) is 8.78 Å². The van der Waals surface area contributed by atoms with Crippen LogP contribution in [0.2, 0.25) is 0 Å². The fraction of sp³-hybridized carbons (Fsp3) is 0.250. The molecule has 4 rings (SSSR count). The van der Waals surface area contributed by atoms with Gasteiger partial charge in [-0.15, -0.1) is 5.92 Å². The first-order chi connectivity index (χ1) is 16.4. The van der Waals surface area contributed by atoms with E-state index in [0.29, 0.717) is 41.0 Å². The zero-order valence-electron chi connectivity index (χ0n) is 18.9. The first kappa shape index (κ1) is 23.3. The molecule has 0 fully saturated rings. The van der Waals surface area contributed by atoms with Gasteiger partial charge in [0.25, 0.3) is 0 Å². The van der Waals surface area contributed by atoms with Crippen LogP contribution in [0.1, 0.15) is 48.5 Å². The van der Waals surface area contributed by atoms with Crippen LogP contribution in [0, 0.1) is 23.5 Å². The van der Waals surface area contributed by atoms with Crippen LogP contribution in [0.3, 0.4) is 0 Å². The van der Waals surface area contributed by atoms with Gasteiger partial charge in [-0.1, -0.05) is 24.1 Å². The lowest BCUT2D eigenvalue weighted by Crippen LogP contribution is -2.17. The third kappa shape index (κ3) is 4.89. The molecule has 1 heterocycles. The molecule has 0 aliphatic carbocycles. The Morgan fingerprint density at radius 1 is 1.15 bits per heavy atom. The van der Waals surface area contributed by atoms with Crippen molar-refractivity contribution < 1.29 is 28.2 Å². The van der Waals surface area contributed by atoms with E-state index in [2.05, 4.69) is 11.8 Å². The number of hydrogen-bond donors (Lipinski definition) is 1. The summed E-state index contributed by atoms with van der Waals surface area (Å²) in [6.07, 6.45) is 0.546. The van der Waals surface area contributed by atoms with Gasteiger partial charge in [0.15, 0.2) is 0 Å². The number of carboxylic acid groups (broad SMARTS) is 1. The maximum absolute atomic E-state index is 14.8. The molecule has 3 aromatic rings. The fourth-order valence-corrected chi connectivity index (χ4v) is 4.26. The molecule has 174 valence electrons. The van der Waals surface area contributed by atoms with E-state index >= 15 is 0 Å². The largest absolute Gasteiger partial charge is 0.497 e. The minimum absolute atomic E-state index is 0.0814. The molecule has 0 spiro atoms. The van der Waals surface area contributed by atoms with E-state index in [9.17, 15) is 18.7 Å². The summed E-state index contributed by atoms with van der Waals surface area (Å²) in [4.78, 5) is 11.2. The quantitative estimate of drug-likeness (QED) is 0.438. The van der Waals surface area contributed by atoms with Gasteiger partial charge in [-0.3, -0.25) is 4.79 Å². The van der Waals surface area contributed by atoms with Crippen molar-refractivity contribution in [3.63, 3.8) is 0 Å². The second kappa shape index (κ2) is 9.96. The summed E-state index contributed by atoms with van der Waals surface area (Å²) in [5.74, 6) is 4.72. The molecular formula is C28H24F2O4. The molecule has 0 aromatic heterocycles. The van der Waals surface area contributed by atoms with Crippen LogP contribution in [0.5, 0.6) is 11.5 Å². The minimum atomic E-state index is -0.912. The number of carboxylic acids is 1. The van der Waals surface area contributed by atoms with Gasteiger partial charge in [0.05, 0.1) is 19.4 Å².